The van der Waals surface area contributed by atoms with Crippen molar-refractivity contribution in [1.82, 2.24) is 4.72 Å². The van der Waals surface area contributed by atoms with Gasteiger partial charge in [0.2, 0.25) is 10.0 Å². The molecule has 0 saturated carbocycles. The van der Waals surface area contributed by atoms with E-state index < -0.39 is 22.0 Å². The third-order valence-corrected chi connectivity index (χ3v) is 5.30. The van der Waals surface area contributed by atoms with Gasteiger partial charge in [0, 0.05) is 13.7 Å². The lowest BCUT2D eigenvalue weighted by molar-refractivity contribution is -0.136. The summed E-state index contributed by atoms with van der Waals surface area (Å²) in [4.78, 5) is 10.8. The number of carbonyl (C=O) groups is 1. The molecule has 1 aromatic rings. The smallest absolute Gasteiger partial charge is 0.307 e. The lowest BCUT2D eigenvalue weighted by Gasteiger charge is -2.30. The summed E-state index contributed by atoms with van der Waals surface area (Å²) in [5.41, 5.74) is 0.374. The van der Waals surface area contributed by atoms with Crippen LogP contribution in [0.2, 0.25) is 0 Å². The minimum absolute atomic E-state index is 0.0925. The fourth-order valence-corrected chi connectivity index (χ4v) is 4.08. The van der Waals surface area contributed by atoms with E-state index in [0.29, 0.717) is 25.2 Å². The van der Waals surface area contributed by atoms with E-state index in [1.807, 2.05) is 0 Å². The maximum atomic E-state index is 12.7. The van der Waals surface area contributed by atoms with Gasteiger partial charge in [-0.25, -0.2) is 13.1 Å². The number of ether oxygens (including phenoxy) is 3. The van der Waals surface area contributed by atoms with Gasteiger partial charge in [-0.1, -0.05) is 6.07 Å². The van der Waals surface area contributed by atoms with Gasteiger partial charge in [0.05, 0.1) is 32.3 Å². The van der Waals surface area contributed by atoms with Crippen molar-refractivity contribution in [3.63, 3.8) is 0 Å². The molecule has 8 nitrogen and oxygen atoms in total. The molecule has 1 fully saturated rings. The molecule has 2 rings (SSSR count). The second-order valence-corrected chi connectivity index (χ2v) is 7.10. The predicted octanol–water partition coefficient (Wildman–Crippen LogP) is 0.405. The van der Waals surface area contributed by atoms with Crippen molar-refractivity contribution in [2.45, 2.75) is 29.9 Å². The van der Waals surface area contributed by atoms with Crippen LogP contribution in [0.5, 0.6) is 5.75 Å². The highest BCUT2D eigenvalue weighted by Crippen LogP contribution is 2.26. The van der Waals surface area contributed by atoms with E-state index in [-0.39, 0.29) is 23.2 Å². The Morgan fingerprint density at radius 2 is 2.17 bits per heavy atom. The van der Waals surface area contributed by atoms with E-state index in [4.69, 9.17) is 19.3 Å². The molecule has 1 aliphatic rings. The zero-order chi connectivity index (χ0) is 17.7. The van der Waals surface area contributed by atoms with Crippen LogP contribution >= 0.6 is 0 Å². The van der Waals surface area contributed by atoms with E-state index in [1.165, 1.54) is 32.4 Å². The van der Waals surface area contributed by atoms with Gasteiger partial charge < -0.3 is 19.3 Å². The molecule has 1 aromatic carbocycles. The first-order valence-corrected chi connectivity index (χ1v) is 8.87. The van der Waals surface area contributed by atoms with Crippen LogP contribution in [0.4, 0.5) is 0 Å². The van der Waals surface area contributed by atoms with Gasteiger partial charge in [-0.3, -0.25) is 4.79 Å². The van der Waals surface area contributed by atoms with Gasteiger partial charge in [0.1, 0.15) is 10.6 Å². The lowest BCUT2D eigenvalue weighted by atomic mass is 10.1. The van der Waals surface area contributed by atoms with Crippen molar-refractivity contribution in [3.8, 4) is 5.75 Å². The lowest BCUT2D eigenvalue weighted by Crippen LogP contribution is -2.49. The van der Waals surface area contributed by atoms with E-state index in [0.717, 1.165) is 0 Å². The van der Waals surface area contributed by atoms with Crippen molar-refractivity contribution < 1.29 is 32.5 Å². The Morgan fingerprint density at radius 3 is 2.79 bits per heavy atom. The predicted molar refractivity (Wildman–Crippen MR) is 84.7 cm³/mol. The summed E-state index contributed by atoms with van der Waals surface area (Å²) in [6.07, 6.45) is -0.180. The molecule has 1 saturated heterocycles. The SMILES string of the molecule is COc1ccc(CC(=O)O)cc1S(=O)(=O)N[C@@H]1CCOC[C@H]1OC. The first-order valence-electron chi connectivity index (χ1n) is 7.39. The van der Waals surface area contributed by atoms with Gasteiger partial charge in [-0.05, 0) is 24.1 Å². The van der Waals surface area contributed by atoms with Crippen LogP contribution in [0.1, 0.15) is 12.0 Å². The van der Waals surface area contributed by atoms with E-state index in [2.05, 4.69) is 4.72 Å². The highest BCUT2D eigenvalue weighted by molar-refractivity contribution is 7.89. The molecule has 9 heteroatoms. The molecule has 2 N–H and O–H groups in total. The largest absolute Gasteiger partial charge is 0.495 e. The number of carboxylic acid groups (broad SMARTS) is 1. The Morgan fingerprint density at radius 1 is 1.42 bits per heavy atom. The zero-order valence-electron chi connectivity index (χ0n) is 13.5. The summed E-state index contributed by atoms with van der Waals surface area (Å²) < 4.78 is 43.7. The van der Waals surface area contributed by atoms with E-state index in [1.54, 1.807) is 0 Å². The fraction of sp³-hybridized carbons (Fsp3) is 0.533. The standard InChI is InChI=1S/C15H21NO7S/c1-21-12-4-3-10(8-15(17)18)7-14(12)24(19,20)16-11-5-6-23-9-13(11)22-2/h3-4,7,11,13,16H,5-6,8-9H2,1-2H3,(H,17,18)/t11-,13-/m1/s1. The number of hydrogen-bond acceptors (Lipinski definition) is 6. The molecule has 0 spiro atoms. The summed E-state index contributed by atoms with van der Waals surface area (Å²) in [7, 11) is -1.05. The number of benzene rings is 1. The molecule has 0 radical (unpaired) electrons. The van der Waals surface area contributed by atoms with Crippen LogP contribution in [0, 0.1) is 0 Å². The van der Waals surface area contributed by atoms with Crippen molar-refractivity contribution >= 4 is 16.0 Å². The topological polar surface area (TPSA) is 111 Å². The summed E-state index contributed by atoms with van der Waals surface area (Å²) >= 11 is 0. The minimum Gasteiger partial charge on any atom is -0.495 e. The molecule has 24 heavy (non-hydrogen) atoms. The van der Waals surface area contributed by atoms with E-state index >= 15 is 0 Å². The van der Waals surface area contributed by atoms with Crippen LogP contribution in [-0.2, 0) is 30.7 Å². The zero-order valence-corrected chi connectivity index (χ0v) is 14.3. The summed E-state index contributed by atoms with van der Waals surface area (Å²) in [5, 5.41) is 8.89. The number of methoxy groups -OCH3 is 2. The van der Waals surface area contributed by atoms with Gasteiger partial charge in [-0.2, -0.15) is 0 Å². The molecule has 1 aliphatic heterocycles. The monoisotopic (exact) mass is 359 g/mol. The summed E-state index contributed by atoms with van der Waals surface area (Å²) in [5.74, 6) is -0.891. The normalized spacial score (nSPS) is 21.4. The Labute approximate surface area is 140 Å². The molecule has 134 valence electrons. The molecular formula is C15H21NO7S. The molecule has 0 aliphatic carbocycles. The van der Waals surface area contributed by atoms with Crippen LogP contribution in [0.25, 0.3) is 0 Å². The fourth-order valence-electron chi connectivity index (χ4n) is 2.56. The third kappa shape index (κ3) is 4.44. The maximum Gasteiger partial charge on any atom is 0.307 e. The molecule has 0 bridgehead atoms. The molecule has 0 aromatic heterocycles. The molecule has 0 unspecified atom stereocenters. The van der Waals surface area contributed by atoms with Crippen molar-refractivity contribution in [1.29, 1.82) is 0 Å². The number of rotatable bonds is 7. The number of hydrogen-bond donors (Lipinski definition) is 2. The summed E-state index contributed by atoms with van der Waals surface area (Å²) in [6.45, 7) is 0.739. The first-order chi connectivity index (χ1) is 11.4. The quantitative estimate of drug-likeness (QED) is 0.725. The van der Waals surface area contributed by atoms with Gasteiger partial charge in [0.15, 0.2) is 0 Å². The molecule has 0 amide bonds. The van der Waals surface area contributed by atoms with Crippen molar-refractivity contribution in [3.05, 3.63) is 23.8 Å². The average molecular weight is 359 g/mol. The molecule has 1 heterocycles. The second kappa shape index (κ2) is 7.93. The molecular weight excluding hydrogens is 338 g/mol. The number of sulfonamides is 1. The van der Waals surface area contributed by atoms with Gasteiger partial charge in [0.25, 0.3) is 0 Å². The molecule has 2 atom stereocenters. The van der Waals surface area contributed by atoms with Gasteiger partial charge in [-0.15, -0.1) is 0 Å². The van der Waals surface area contributed by atoms with Crippen LogP contribution in [-0.4, -0.2) is 59.1 Å². The Bertz CT molecular complexity index is 689. The Hall–Kier alpha value is -1.68. The highest BCUT2D eigenvalue weighted by atomic mass is 32.2. The number of aliphatic carboxylic acids is 1. The Kier molecular flexibility index (Phi) is 6.16. The number of carboxylic acids is 1. The third-order valence-electron chi connectivity index (χ3n) is 3.79. The van der Waals surface area contributed by atoms with Crippen molar-refractivity contribution in [2.24, 2.45) is 0 Å². The van der Waals surface area contributed by atoms with Crippen LogP contribution < -0.4 is 9.46 Å². The Balaban J connectivity index is 2.31. The second-order valence-electron chi connectivity index (χ2n) is 5.42. The maximum absolute atomic E-state index is 12.7. The van der Waals surface area contributed by atoms with Gasteiger partial charge >= 0.3 is 5.97 Å². The summed E-state index contributed by atoms with van der Waals surface area (Å²) in [6, 6.07) is 3.86. The first kappa shape index (κ1) is 18.7. The number of nitrogens with one attached hydrogen (secondary N) is 1. The minimum atomic E-state index is -3.91. The van der Waals surface area contributed by atoms with Crippen LogP contribution in [0.3, 0.4) is 0 Å². The van der Waals surface area contributed by atoms with Crippen molar-refractivity contribution in [2.75, 3.05) is 27.4 Å². The van der Waals surface area contributed by atoms with Crippen LogP contribution in [0.15, 0.2) is 23.1 Å². The highest BCUT2D eigenvalue weighted by Gasteiger charge is 2.31. The average Bonchev–Trinajstić information content (AvgIpc) is 2.54. The van der Waals surface area contributed by atoms with E-state index in [9.17, 15) is 13.2 Å².